The Morgan fingerprint density at radius 2 is 1.36 bits per heavy atom. The Labute approximate surface area is 86.3 Å². The van der Waals surface area contributed by atoms with E-state index in [1.165, 1.54) is 25.7 Å². The van der Waals surface area contributed by atoms with Gasteiger partial charge in [-0.25, -0.2) is 0 Å². The van der Waals surface area contributed by atoms with Gasteiger partial charge >= 0.3 is 0 Å². The second-order valence-corrected chi connectivity index (χ2v) is 4.41. The molecule has 2 rings (SSSR count). The lowest BCUT2D eigenvalue weighted by Gasteiger charge is -2.32. The number of hydrogen-bond donors (Lipinski definition) is 0. The minimum Gasteiger partial charge on any atom is -0.381 e. The van der Waals surface area contributed by atoms with E-state index in [2.05, 4.69) is 0 Å². The summed E-state index contributed by atoms with van der Waals surface area (Å²) < 4.78 is 10.9. The number of methoxy groups -OCH3 is 2. The molecule has 2 atom stereocenters. The maximum absolute atomic E-state index is 5.43. The van der Waals surface area contributed by atoms with E-state index in [1.807, 2.05) is 14.2 Å². The lowest BCUT2D eigenvalue weighted by atomic mass is 9.80. The number of allylic oxidation sites excluding steroid dienone is 1. The summed E-state index contributed by atoms with van der Waals surface area (Å²) in [6, 6.07) is 0. The molecular formula is C12H20O2. The highest BCUT2D eigenvalue weighted by atomic mass is 16.5. The normalized spacial score (nSPS) is 33.0. The molecule has 0 unspecified atom stereocenters. The van der Waals surface area contributed by atoms with Crippen molar-refractivity contribution in [3.05, 3.63) is 11.1 Å². The fourth-order valence-electron chi connectivity index (χ4n) is 2.68. The number of hydrogen-bond acceptors (Lipinski definition) is 2. The van der Waals surface area contributed by atoms with Gasteiger partial charge in [0.15, 0.2) is 0 Å². The van der Waals surface area contributed by atoms with Crippen LogP contribution in [0.4, 0.5) is 0 Å². The molecule has 0 radical (unpaired) electrons. The summed E-state index contributed by atoms with van der Waals surface area (Å²) in [6.45, 7) is 0. The molecule has 14 heavy (non-hydrogen) atoms. The molecule has 0 saturated carbocycles. The third-order valence-electron chi connectivity index (χ3n) is 3.65. The van der Waals surface area contributed by atoms with E-state index in [-0.39, 0.29) is 0 Å². The van der Waals surface area contributed by atoms with Gasteiger partial charge in [-0.05, 0) is 38.5 Å². The minimum absolute atomic E-state index is 0.462. The van der Waals surface area contributed by atoms with Crippen molar-refractivity contribution in [2.45, 2.75) is 50.7 Å². The predicted molar refractivity (Wildman–Crippen MR) is 56.3 cm³/mol. The molecule has 0 aromatic rings. The first kappa shape index (κ1) is 10.2. The van der Waals surface area contributed by atoms with Crippen molar-refractivity contribution in [3.8, 4) is 0 Å². The van der Waals surface area contributed by atoms with Crippen molar-refractivity contribution in [3.63, 3.8) is 0 Å². The zero-order valence-corrected chi connectivity index (χ0v) is 9.21. The zero-order chi connectivity index (χ0) is 9.97. The third-order valence-corrected chi connectivity index (χ3v) is 3.65. The molecule has 2 nitrogen and oxygen atoms in total. The van der Waals surface area contributed by atoms with Crippen molar-refractivity contribution >= 4 is 0 Å². The van der Waals surface area contributed by atoms with Crippen LogP contribution in [0.5, 0.6) is 0 Å². The Morgan fingerprint density at radius 3 is 1.79 bits per heavy atom. The molecule has 0 aromatic carbocycles. The van der Waals surface area contributed by atoms with Crippen LogP contribution in [-0.4, -0.2) is 26.4 Å². The van der Waals surface area contributed by atoms with Crippen LogP contribution in [0.25, 0.3) is 0 Å². The van der Waals surface area contributed by atoms with E-state index >= 15 is 0 Å². The summed E-state index contributed by atoms with van der Waals surface area (Å²) >= 11 is 0. The van der Waals surface area contributed by atoms with Crippen LogP contribution in [0, 0.1) is 0 Å². The minimum atomic E-state index is 0.462. The Balaban J connectivity index is 2.03. The first-order valence-electron chi connectivity index (χ1n) is 5.59. The van der Waals surface area contributed by atoms with E-state index in [9.17, 15) is 0 Å². The van der Waals surface area contributed by atoms with E-state index in [0.29, 0.717) is 12.2 Å². The zero-order valence-electron chi connectivity index (χ0n) is 9.21. The molecule has 0 amide bonds. The summed E-state index contributed by atoms with van der Waals surface area (Å²) in [6.07, 6.45) is 8.15. The smallest absolute Gasteiger partial charge is 0.0611 e. The van der Waals surface area contributed by atoms with Crippen molar-refractivity contribution < 1.29 is 9.47 Å². The summed E-state index contributed by atoms with van der Waals surface area (Å²) in [5.41, 5.74) is 3.33. The summed E-state index contributed by atoms with van der Waals surface area (Å²) in [5.74, 6) is 0. The topological polar surface area (TPSA) is 18.5 Å². The summed E-state index contributed by atoms with van der Waals surface area (Å²) in [4.78, 5) is 0. The number of ether oxygens (including phenoxy) is 2. The van der Waals surface area contributed by atoms with Crippen LogP contribution < -0.4 is 0 Å². The second-order valence-electron chi connectivity index (χ2n) is 4.41. The van der Waals surface area contributed by atoms with Gasteiger partial charge in [-0.3, -0.25) is 0 Å². The average Bonchev–Trinajstić information content (AvgIpc) is 2.27. The van der Waals surface area contributed by atoms with E-state index in [1.54, 1.807) is 11.1 Å². The highest BCUT2D eigenvalue weighted by molar-refractivity contribution is 5.22. The van der Waals surface area contributed by atoms with Gasteiger partial charge in [-0.2, -0.15) is 0 Å². The second kappa shape index (κ2) is 4.45. The van der Waals surface area contributed by atoms with Gasteiger partial charge in [0.2, 0.25) is 0 Å². The van der Waals surface area contributed by atoms with Crippen molar-refractivity contribution in [1.29, 1.82) is 0 Å². The summed E-state index contributed by atoms with van der Waals surface area (Å²) in [5, 5.41) is 0. The Morgan fingerprint density at radius 1 is 0.857 bits per heavy atom. The highest BCUT2D eigenvalue weighted by Crippen LogP contribution is 2.37. The Bertz CT molecular complexity index is 210. The van der Waals surface area contributed by atoms with Gasteiger partial charge in [0.25, 0.3) is 0 Å². The van der Waals surface area contributed by atoms with Gasteiger partial charge in [0.05, 0.1) is 12.2 Å². The molecular weight excluding hydrogens is 176 g/mol. The van der Waals surface area contributed by atoms with Crippen molar-refractivity contribution in [1.82, 2.24) is 0 Å². The molecule has 0 aliphatic heterocycles. The van der Waals surface area contributed by atoms with Gasteiger partial charge in [-0.15, -0.1) is 0 Å². The van der Waals surface area contributed by atoms with Gasteiger partial charge in [0.1, 0.15) is 0 Å². The fourth-order valence-corrected chi connectivity index (χ4v) is 2.68. The molecule has 0 heterocycles. The van der Waals surface area contributed by atoms with Crippen LogP contribution in [0.15, 0.2) is 11.1 Å². The molecule has 0 fully saturated rings. The molecule has 80 valence electrons. The first-order chi connectivity index (χ1) is 6.83. The molecule has 0 spiro atoms. The SMILES string of the molecule is CO[C@@H]1CCC2=C(C1)C[C@H](OC)CC2. The maximum atomic E-state index is 5.43. The van der Waals surface area contributed by atoms with Crippen molar-refractivity contribution in [2.75, 3.05) is 14.2 Å². The lowest BCUT2D eigenvalue weighted by Crippen LogP contribution is -2.25. The fraction of sp³-hybridized carbons (Fsp3) is 0.833. The molecule has 0 aromatic heterocycles. The average molecular weight is 196 g/mol. The molecule has 2 heteroatoms. The predicted octanol–water partition coefficient (Wildman–Crippen LogP) is 2.68. The van der Waals surface area contributed by atoms with E-state index in [4.69, 9.17) is 9.47 Å². The summed E-state index contributed by atoms with van der Waals surface area (Å²) in [7, 11) is 3.65. The third kappa shape index (κ3) is 2.01. The lowest BCUT2D eigenvalue weighted by molar-refractivity contribution is 0.0672. The number of rotatable bonds is 2. The molecule has 0 bridgehead atoms. The molecule has 0 saturated heterocycles. The van der Waals surface area contributed by atoms with Crippen LogP contribution in [-0.2, 0) is 9.47 Å². The standard InChI is InChI=1S/C12H20O2/c1-13-11-5-3-9-4-6-12(14-2)8-10(9)7-11/h11-12H,3-8H2,1-2H3/t11-,12-/m1/s1. The van der Waals surface area contributed by atoms with Gasteiger partial charge in [0, 0.05) is 14.2 Å². The Hall–Kier alpha value is -0.340. The van der Waals surface area contributed by atoms with Gasteiger partial charge in [-0.1, -0.05) is 11.1 Å². The molecule has 2 aliphatic rings. The van der Waals surface area contributed by atoms with Gasteiger partial charge < -0.3 is 9.47 Å². The molecule has 0 N–H and O–H groups in total. The quantitative estimate of drug-likeness (QED) is 0.632. The monoisotopic (exact) mass is 196 g/mol. The van der Waals surface area contributed by atoms with Crippen LogP contribution >= 0.6 is 0 Å². The van der Waals surface area contributed by atoms with E-state index in [0.717, 1.165) is 12.8 Å². The van der Waals surface area contributed by atoms with Crippen LogP contribution in [0.2, 0.25) is 0 Å². The molecule has 2 aliphatic carbocycles. The van der Waals surface area contributed by atoms with Crippen molar-refractivity contribution in [2.24, 2.45) is 0 Å². The maximum Gasteiger partial charge on any atom is 0.0611 e. The largest absolute Gasteiger partial charge is 0.381 e. The van der Waals surface area contributed by atoms with E-state index < -0.39 is 0 Å². The highest BCUT2D eigenvalue weighted by Gasteiger charge is 2.26. The van der Waals surface area contributed by atoms with Crippen LogP contribution in [0.3, 0.4) is 0 Å². The Kier molecular flexibility index (Phi) is 3.24. The first-order valence-corrected chi connectivity index (χ1v) is 5.59. The van der Waals surface area contributed by atoms with Crippen LogP contribution in [0.1, 0.15) is 38.5 Å².